The third-order valence-electron chi connectivity index (χ3n) is 3.23. The van der Waals surface area contributed by atoms with Crippen LogP contribution in [-0.4, -0.2) is 16.1 Å². The van der Waals surface area contributed by atoms with Crippen molar-refractivity contribution in [1.29, 1.82) is 0 Å². The maximum Gasteiger partial charge on any atom is 0.335 e. The van der Waals surface area contributed by atoms with Gasteiger partial charge in [0.2, 0.25) is 0 Å². The van der Waals surface area contributed by atoms with Gasteiger partial charge < -0.3 is 10.4 Å². The van der Waals surface area contributed by atoms with Crippen molar-refractivity contribution in [3.63, 3.8) is 0 Å². The fraction of sp³-hybridized carbons (Fsp3) is 0.333. The van der Waals surface area contributed by atoms with E-state index in [1.54, 1.807) is 23.5 Å². The normalized spacial score (nSPS) is 12.4. The van der Waals surface area contributed by atoms with Crippen molar-refractivity contribution < 1.29 is 9.90 Å². The second-order valence-electron chi connectivity index (χ2n) is 4.90. The molecule has 6 heteroatoms. The second kappa shape index (κ2) is 6.68. The molecule has 21 heavy (non-hydrogen) atoms. The van der Waals surface area contributed by atoms with Gasteiger partial charge in [0.05, 0.1) is 16.3 Å². The lowest BCUT2D eigenvalue weighted by atomic mass is 10.1. The molecule has 0 aliphatic rings. The van der Waals surface area contributed by atoms with Crippen molar-refractivity contribution in [2.24, 2.45) is 0 Å². The van der Waals surface area contributed by atoms with Gasteiger partial charge in [-0.2, -0.15) is 0 Å². The number of carbonyl (C=O) groups is 1. The first-order valence-corrected chi connectivity index (χ1v) is 8.18. The largest absolute Gasteiger partial charge is 0.478 e. The van der Waals surface area contributed by atoms with E-state index in [1.165, 1.54) is 4.88 Å². The van der Waals surface area contributed by atoms with Crippen molar-refractivity contribution in [3.8, 4) is 0 Å². The molecule has 0 bridgehead atoms. The molecule has 1 atom stereocenters. The highest BCUT2D eigenvalue weighted by molar-refractivity contribution is 9.10. The Labute approximate surface area is 136 Å². The van der Waals surface area contributed by atoms with Crippen molar-refractivity contribution in [3.05, 3.63) is 49.4 Å². The number of hydrogen-bond donors (Lipinski definition) is 2. The lowest BCUT2D eigenvalue weighted by molar-refractivity contribution is 0.0697. The molecule has 112 valence electrons. The monoisotopic (exact) mass is 368 g/mol. The standard InChI is InChI=1S/C15H17BrN2O2S/c1-8(14-9(2)18-10(3)21-14)17-7-12-5-4-11(15(19)20)6-13(12)16/h4-6,8,17H,7H2,1-3H3,(H,19,20). The van der Waals surface area contributed by atoms with Gasteiger partial charge in [-0.1, -0.05) is 22.0 Å². The van der Waals surface area contributed by atoms with E-state index in [0.29, 0.717) is 6.54 Å². The lowest BCUT2D eigenvalue weighted by Crippen LogP contribution is -2.18. The predicted molar refractivity (Wildman–Crippen MR) is 87.9 cm³/mol. The fourth-order valence-corrected chi connectivity index (χ4v) is 3.60. The molecule has 2 aromatic rings. The number of benzene rings is 1. The molecular weight excluding hydrogens is 352 g/mol. The molecule has 2 N–H and O–H groups in total. The highest BCUT2D eigenvalue weighted by Gasteiger charge is 2.13. The quantitative estimate of drug-likeness (QED) is 0.834. The number of carboxylic acid groups (broad SMARTS) is 1. The first kappa shape index (κ1) is 16.1. The van der Waals surface area contributed by atoms with Crippen molar-refractivity contribution in [2.75, 3.05) is 0 Å². The molecule has 0 spiro atoms. The Morgan fingerprint density at radius 3 is 2.71 bits per heavy atom. The number of rotatable bonds is 5. The Morgan fingerprint density at radius 1 is 1.48 bits per heavy atom. The summed E-state index contributed by atoms with van der Waals surface area (Å²) in [5.41, 5.74) is 2.39. The maximum atomic E-state index is 10.9. The molecule has 1 unspecified atom stereocenters. The fourth-order valence-electron chi connectivity index (χ4n) is 2.13. The summed E-state index contributed by atoms with van der Waals surface area (Å²) in [6, 6.07) is 5.29. The topological polar surface area (TPSA) is 62.2 Å². The number of aromatic carboxylic acids is 1. The molecule has 0 amide bonds. The summed E-state index contributed by atoms with van der Waals surface area (Å²) in [4.78, 5) is 16.6. The van der Waals surface area contributed by atoms with Crippen LogP contribution < -0.4 is 5.32 Å². The van der Waals surface area contributed by atoms with Crippen LogP contribution in [0.1, 0.15) is 44.5 Å². The van der Waals surface area contributed by atoms with Gasteiger partial charge in [0.1, 0.15) is 0 Å². The molecule has 1 heterocycles. The molecule has 1 aromatic carbocycles. The molecule has 0 saturated carbocycles. The highest BCUT2D eigenvalue weighted by atomic mass is 79.9. The molecule has 4 nitrogen and oxygen atoms in total. The van der Waals surface area contributed by atoms with Gasteiger partial charge in [-0.05, 0) is 38.5 Å². The van der Waals surface area contributed by atoms with Crippen LogP contribution >= 0.6 is 27.3 Å². The highest BCUT2D eigenvalue weighted by Crippen LogP contribution is 2.25. The summed E-state index contributed by atoms with van der Waals surface area (Å²) in [6.07, 6.45) is 0. The van der Waals surface area contributed by atoms with Crippen LogP contribution in [0.3, 0.4) is 0 Å². The van der Waals surface area contributed by atoms with Crippen LogP contribution in [0.4, 0.5) is 0 Å². The average Bonchev–Trinajstić information content (AvgIpc) is 2.75. The minimum Gasteiger partial charge on any atom is -0.478 e. The van der Waals surface area contributed by atoms with Gasteiger partial charge >= 0.3 is 5.97 Å². The lowest BCUT2D eigenvalue weighted by Gasteiger charge is -2.14. The number of carboxylic acids is 1. The molecule has 1 aromatic heterocycles. The van der Waals surface area contributed by atoms with Crippen LogP contribution in [0.15, 0.2) is 22.7 Å². The SMILES string of the molecule is Cc1nc(C)c(C(C)NCc2ccc(C(=O)O)cc2Br)s1. The van der Waals surface area contributed by atoms with E-state index < -0.39 is 5.97 Å². The molecule has 0 radical (unpaired) electrons. The van der Waals surface area contributed by atoms with Crippen LogP contribution in [0.25, 0.3) is 0 Å². The van der Waals surface area contributed by atoms with Gasteiger partial charge in [0, 0.05) is 21.9 Å². The van der Waals surface area contributed by atoms with E-state index in [4.69, 9.17) is 5.11 Å². The summed E-state index contributed by atoms with van der Waals surface area (Å²) in [5, 5.41) is 13.5. The van der Waals surface area contributed by atoms with Crippen LogP contribution in [-0.2, 0) is 6.54 Å². The molecular formula is C15H17BrN2O2S. The van der Waals surface area contributed by atoms with Gasteiger partial charge in [-0.15, -0.1) is 11.3 Å². The third kappa shape index (κ3) is 3.90. The van der Waals surface area contributed by atoms with Crippen molar-refractivity contribution in [2.45, 2.75) is 33.4 Å². The Morgan fingerprint density at radius 2 is 2.19 bits per heavy atom. The van der Waals surface area contributed by atoms with Gasteiger partial charge in [-0.3, -0.25) is 0 Å². The van der Waals surface area contributed by atoms with Crippen molar-refractivity contribution >= 4 is 33.2 Å². The number of halogens is 1. The second-order valence-corrected chi connectivity index (χ2v) is 6.99. The summed E-state index contributed by atoms with van der Waals surface area (Å²) < 4.78 is 0.805. The Hall–Kier alpha value is -1.24. The molecule has 0 aliphatic heterocycles. The van der Waals surface area contributed by atoms with E-state index in [2.05, 4.69) is 33.2 Å². The summed E-state index contributed by atoms with van der Waals surface area (Å²) in [6.45, 7) is 6.81. The average molecular weight is 369 g/mol. The number of nitrogens with one attached hydrogen (secondary N) is 1. The Balaban J connectivity index is 2.06. The number of hydrogen-bond acceptors (Lipinski definition) is 4. The van der Waals surface area contributed by atoms with E-state index in [0.717, 1.165) is 20.7 Å². The number of aryl methyl sites for hydroxylation is 2. The van der Waals surface area contributed by atoms with Crippen LogP contribution in [0.5, 0.6) is 0 Å². The van der Waals surface area contributed by atoms with E-state index in [-0.39, 0.29) is 11.6 Å². The van der Waals surface area contributed by atoms with E-state index >= 15 is 0 Å². The smallest absolute Gasteiger partial charge is 0.335 e. The first-order chi connectivity index (χ1) is 9.88. The number of aromatic nitrogens is 1. The zero-order chi connectivity index (χ0) is 15.6. The third-order valence-corrected chi connectivity index (χ3v) is 5.23. The summed E-state index contributed by atoms with van der Waals surface area (Å²) in [7, 11) is 0. The van der Waals surface area contributed by atoms with Crippen LogP contribution in [0, 0.1) is 13.8 Å². The minimum absolute atomic E-state index is 0.210. The molecule has 2 rings (SSSR count). The molecule has 0 fully saturated rings. The summed E-state index contributed by atoms with van der Waals surface area (Å²) in [5.74, 6) is -0.917. The number of thiazole rings is 1. The van der Waals surface area contributed by atoms with E-state index in [9.17, 15) is 4.79 Å². The van der Waals surface area contributed by atoms with Gasteiger partial charge in [0.25, 0.3) is 0 Å². The molecule has 0 aliphatic carbocycles. The zero-order valence-corrected chi connectivity index (χ0v) is 14.5. The van der Waals surface area contributed by atoms with Gasteiger partial charge in [-0.25, -0.2) is 9.78 Å². The van der Waals surface area contributed by atoms with Crippen LogP contribution in [0.2, 0.25) is 0 Å². The maximum absolute atomic E-state index is 10.9. The van der Waals surface area contributed by atoms with Crippen molar-refractivity contribution in [1.82, 2.24) is 10.3 Å². The first-order valence-electron chi connectivity index (χ1n) is 6.57. The molecule has 0 saturated heterocycles. The zero-order valence-electron chi connectivity index (χ0n) is 12.1. The predicted octanol–water partition coefficient (Wildman–Crippen LogP) is 4.07. The number of nitrogens with zero attached hydrogens (tertiary/aromatic N) is 1. The summed E-state index contributed by atoms with van der Waals surface area (Å²) >= 11 is 5.13. The van der Waals surface area contributed by atoms with Gasteiger partial charge in [0.15, 0.2) is 0 Å². The Bertz CT molecular complexity index is 670. The van der Waals surface area contributed by atoms with E-state index in [1.807, 2.05) is 19.9 Å². The Kier molecular flexibility index (Phi) is 5.13. The minimum atomic E-state index is -0.917.